The van der Waals surface area contributed by atoms with Crippen LogP contribution in [0.25, 0.3) is 0 Å². The van der Waals surface area contributed by atoms with Crippen molar-refractivity contribution in [2.45, 2.75) is 45.2 Å². The molecule has 0 aromatic rings. The number of carbonyl (C=O) groups excluding carboxylic acids is 2. The summed E-state index contributed by atoms with van der Waals surface area (Å²) in [5.41, 5.74) is 5.02. The van der Waals surface area contributed by atoms with Crippen molar-refractivity contribution in [1.82, 2.24) is 10.6 Å². The normalized spacial score (nSPS) is 17.6. The summed E-state index contributed by atoms with van der Waals surface area (Å²) in [4.78, 5) is 33.9. The molecule has 108 valence electrons. The average Bonchev–Trinajstić information content (AvgIpc) is 3.06. The molecule has 7 nitrogen and oxygen atoms in total. The Balaban J connectivity index is 2.63. The number of hydrogen-bond donors (Lipinski definition) is 4. The molecule has 0 spiro atoms. The first-order valence-electron chi connectivity index (χ1n) is 6.40. The standard InChI is InChI=1S/C12H21N3O4/c1-6(2)5-8(14-12(13)19)10(16)15-9(11(17)18)7-3-4-7/h6-9H,3-5H2,1-2H3,(H,15,16)(H,17,18)(H3,13,14,19). The fraction of sp³-hybridized carbons (Fsp3) is 0.750. The molecule has 1 rings (SSSR count). The van der Waals surface area contributed by atoms with Crippen LogP contribution in [0.4, 0.5) is 4.79 Å². The molecular weight excluding hydrogens is 250 g/mol. The van der Waals surface area contributed by atoms with Gasteiger partial charge in [0.15, 0.2) is 0 Å². The summed E-state index contributed by atoms with van der Waals surface area (Å²) in [5, 5.41) is 13.9. The van der Waals surface area contributed by atoms with E-state index in [9.17, 15) is 14.4 Å². The lowest BCUT2D eigenvalue weighted by Crippen LogP contribution is -2.53. The van der Waals surface area contributed by atoms with Gasteiger partial charge in [-0.25, -0.2) is 9.59 Å². The molecule has 0 aliphatic heterocycles. The van der Waals surface area contributed by atoms with Crippen LogP contribution in [0, 0.1) is 11.8 Å². The lowest BCUT2D eigenvalue weighted by molar-refractivity contribution is -0.142. The quantitative estimate of drug-likeness (QED) is 0.522. The van der Waals surface area contributed by atoms with Crippen LogP contribution in [0.2, 0.25) is 0 Å². The molecule has 1 aliphatic rings. The zero-order valence-corrected chi connectivity index (χ0v) is 11.2. The van der Waals surface area contributed by atoms with Crippen molar-refractivity contribution in [1.29, 1.82) is 0 Å². The van der Waals surface area contributed by atoms with Crippen molar-refractivity contribution >= 4 is 17.9 Å². The van der Waals surface area contributed by atoms with E-state index in [1.807, 2.05) is 13.8 Å². The first-order chi connectivity index (χ1) is 8.81. The summed E-state index contributed by atoms with van der Waals surface area (Å²) in [7, 11) is 0. The molecule has 0 heterocycles. The van der Waals surface area contributed by atoms with Gasteiger partial charge in [0, 0.05) is 0 Å². The van der Waals surface area contributed by atoms with Gasteiger partial charge in [-0.3, -0.25) is 4.79 Å². The van der Waals surface area contributed by atoms with E-state index < -0.39 is 30.0 Å². The molecule has 0 aromatic carbocycles. The van der Waals surface area contributed by atoms with Crippen molar-refractivity contribution < 1.29 is 19.5 Å². The average molecular weight is 271 g/mol. The van der Waals surface area contributed by atoms with Crippen LogP contribution in [0.3, 0.4) is 0 Å². The first kappa shape index (κ1) is 15.3. The highest BCUT2D eigenvalue weighted by Crippen LogP contribution is 2.32. The Morgan fingerprint density at radius 1 is 1.26 bits per heavy atom. The number of aliphatic carboxylic acids is 1. The summed E-state index contributed by atoms with van der Waals surface area (Å²) in [6, 6.07) is -2.46. The first-order valence-corrected chi connectivity index (χ1v) is 6.40. The maximum absolute atomic E-state index is 12.0. The van der Waals surface area contributed by atoms with Gasteiger partial charge in [0.25, 0.3) is 0 Å². The highest BCUT2D eigenvalue weighted by atomic mass is 16.4. The van der Waals surface area contributed by atoms with Gasteiger partial charge in [0.2, 0.25) is 5.91 Å². The van der Waals surface area contributed by atoms with Crippen LogP contribution in [0.15, 0.2) is 0 Å². The summed E-state index contributed by atoms with van der Waals surface area (Å²) < 4.78 is 0. The number of amides is 3. The monoisotopic (exact) mass is 271 g/mol. The Kier molecular flexibility index (Phi) is 5.14. The van der Waals surface area contributed by atoms with E-state index in [4.69, 9.17) is 10.8 Å². The third-order valence-corrected chi connectivity index (χ3v) is 3.00. The Labute approximate surface area is 111 Å². The molecule has 19 heavy (non-hydrogen) atoms. The van der Waals surface area contributed by atoms with Crippen molar-refractivity contribution in [3.05, 3.63) is 0 Å². The van der Waals surface area contributed by atoms with Gasteiger partial charge in [-0.1, -0.05) is 13.8 Å². The number of carboxylic acids is 1. The van der Waals surface area contributed by atoms with Crippen LogP contribution in [0.5, 0.6) is 0 Å². The Morgan fingerprint density at radius 2 is 1.84 bits per heavy atom. The van der Waals surface area contributed by atoms with Crippen LogP contribution >= 0.6 is 0 Å². The highest BCUT2D eigenvalue weighted by Gasteiger charge is 2.38. The number of nitrogens with one attached hydrogen (secondary N) is 2. The second kappa shape index (κ2) is 6.40. The minimum absolute atomic E-state index is 0.00488. The summed E-state index contributed by atoms with van der Waals surface area (Å²) in [5.74, 6) is -1.37. The van der Waals surface area contributed by atoms with Gasteiger partial charge in [-0.2, -0.15) is 0 Å². The molecule has 3 amide bonds. The Morgan fingerprint density at radius 3 is 2.21 bits per heavy atom. The van der Waals surface area contributed by atoms with Gasteiger partial charge < -0.3 is 21.5 Å². The number of urea groups is 1. The molecular formula is C12H21N3O4. The second-order valence-corrected chi connectivity index (χ2v) is 5.35. The minimum Gasteiger partial charge on any atom is -0.480 e. The largest absolute Gasteiger partial charge is 0.480 e. The van der Waals surface area contributed by atoms with Crippen molar-refractivity contribution in [2.24, 2.45) is 17.6 Å². The Bertz CT molecular complexity index is 366. The Hall–Kier alpha value is -1.79. The van der Waals surface area contributed by atoms with Crippen LogP contribution in [-0.4, -0.2) is 35.1 Å². The topological polar surface area (TPSA) is 122 Å². The molecule has 1 saturated carbocycles. The number of primary amides is 1. The molecule has 2 unspecified atom stereocenters. The van der Waals surface area contributed by atoms with Gasteiger partial charge in [-0.05, 0) is 31.1 Å². The molecule has 1 aliphatic carbocycles. The second-order valence-electron chi connectivity index (χ2n) is 5.35. The SMILES string of the molecule is CC(C)CC(NC(N)=O)C(=O)NC(C(=O)O)C1CC1. The fourth-order valence-electron chi connectivity index (χ4n) is 1.94. The zero-order chi connectivity index (χ0) is 14.6. The third-order valence-electron chi connectivity index (χ3n) is 3.00. The van der Waals surface area contributed by atoms with E-state index in [1.54, 1.807) is 0 Å². The number of rotatable bonds is 7. The van der Waals surface area contributed by atoms with Gasteiger partial charge in [-0.15, -0.1) is 0 Å². The summed E-state index contributed by atoms with van der Waals surface area (Å²) in [6.45, 7) is 3.80. The summed E-state index contributed by atoms with van der Waals surface area (Å²) in [6.07, 6.45) is 2.01. The molecule has 7 heteroatoms. The molecule has 0 saturated heterocycles. The maximum Gasteiger partial charge on any atom is 0.326 e. The van der Waals surface area contributed by atoms with Crippen LogP contribution in [0.1, 0.15) is 33.1 Å². The lowest BCUT2D eigenvalue weighted by Gasteiger charge is -2.21. The van der Waals surface area contributed by atoms with E-state index >= 15 is 0 Å². The fourth-order valence-corrected chi connectivity index (χ4v) is 1.94. The highest BCUT2D eigenvalue weighted by molar-refractivity contribution is 5.90. The molecule has 1 fully saturated rings. The van der Waals surface area contributed by atoms with Crippen molar-refractivity contribution in [3.63, 3.8) is 0 Å². The van der Waals surface area contributed by atoms with E-state index in [1.165, 1.54) is 0 Å². The van der Waals surface area contributed by atoms with Gasteiger partial charge in [0.1, 0.15) is 12.1 Å². The maximum atomic E-state index is 12.0. The smallest absolute Gasteiger partial charge is 0.326 e. The van der Waals surface area contributed by atoms with Crippen molar-refractivity contribution in [2.75, 3.05) is 0 Å². The molecule has 0 radical (unpaired) electrons. The zero-order valence-electron chi connectivity index (χ0n) is 11.2. The minimum atomic E-state index is -1.04. The predicted octanol–water partition coefficient (Wildman–Crippen LogP) is 0.0488. The number of hydrogen-bond acceptors (Lipinski definition) is 3. The van der Waals surface area contributed by atoms with E-state index in [2.05, 4.69) is 10.6 Å². The molecule has 0 aromatic heterocycles. The van der Waals surface area contributed by atoms with E-state index in [0.29, 0.717) is 6.42 Å². The predicted molar refractivity (Wildman–Crippen MR) is 68.3 cm³/mol. The van der Waals surface area contributed by atoms with Gasteiger partial charge >= 0.3 is 12.0 Å². The number of nitrogens with two attached hydrogens (primary N) is 1. The number of carboxylic acid groups (broad SMARTS) is 1. The lowest BCUT2D eigenvalue weighted by atomic mass is 10.0. The molecule has 5 N–H and O–H groups in total. The van der Waals surface area contributed by atoms with E-state index in [-0.39, 0.29) is 11.8 Å². The van der Waals surface area contributed by atoms with Gasteiger partial charge in [0.05, 0.1) is 0 Å². The van der Waals surface area contributed by atoms with Crippen molar-refractivity contribution in [3.8, 4) is 0 Å². The molecule has 2 atom stereocenters. The number of carbonyl (C=O) groups is 3. The summed E-state index contributed by atoms with van der Waals surface area (Å²) >= 11 is 0. The third kappa shape index (κ3) is 5.15. The van der Waals surface area contributed by atoms with Crippen LogP contribution < -0.4 is 16.4 Å². The van der Waals surface area contributed by atoms with Crippen LogP contribution in [-0.2, 0) is 9.59 Å². The molecule has 0 bridgehead atoms. The van der Waals surface area contributed by atoms with E-state index in [0.717, 1.165) is 12.8 Å².